The average molecular weight is 445 g/mol. The number of anilines is 1. The van der Waals surface area contributed by atoms with E-state index in [9.17, 15) is 16.8 Å². The average Bonchev–Trinajstić information content (AvgIpc) is 2.68. The van der Waals surface area contributed by atoms with Gasteiger partial charge in [-0.25, -0.2) is 16.8 Å². The van der Waals surface area contributed by atoms with E-state index >= 15 is 0 Å². The summed E-state index contributed by atoms with van der Waals surface area (Å²) < 4.78 is 60.3. The fourth-order valence-corrected chi connectivity index (χ4v) is 5.89. The van der Waals surface area contributed by atoms with Crippen molar-refractivity contribution in [2.45, 2.75) is 29.1 Å². The number of hydrogen-bond acceptors (Lipinski definition) is 5. The Morgan fingerprint density at radius 1 is 0.964 bits per heavy atom. The first kappa shape index (κ1) is 20.9. The molecule has 0 spiro atoms. The molecule has 3 rings (SSSR count). The monoisotopic (exact) mass is 444 g/mol. The molecule has 28 heavy (non-hydrogen) atoms. The van der Waals surface area contributed by atoms with Crippen LogP contribution < -0.4 is 9.46 Å². The number of nitrogens with zero attached hydrogens (tertiary/aromatic N) is 1. The van der Waals surface area contributed by atoms with Crippen molar-refractivity contribution in [1.82, 2.24) is 4.31 Å². The zero-order chi connectivity index (χ0) is 20.4. The van der Waals surface area contributed by atoms with Gasteiger partial charge in [0, 0.05) is 18.1 Å². The summed E-state index contributed by atoms with van der Waals surface area (Å²) in [5.74, 6) is 0.167. The van der Waals surface area contributed by atoms with Gasteiger partial charge in [0.25, 0.3) is 10.0 Å². The number of methoxy groups -OCH3 is 1. The normalized spacial score (nSPS) is 15.9. The van der Waals surface area contributed by atoms with Crippen LogP contribution in [0.25, 0.3) is 0 Å². The molecule has 1 saturated heterocycles. The highest BCUT2D eigenvalue weighted by Gasteiger charge is 2.29. The van der Waals surface area contributed by atoms with Gasteiger partial charge in [0.2, 0.25) is 10.0 Å². The number of hydrogen-bond donors (Lipinski definition) is 1. The quantitative estimate of drug-likeness (QED) is 0.737. The van der Waals surface area contributed by atoms with Crippen LogP contribution in [0.2, 0.25) is 5.02 Å². The summed E-state index contributed by atoms with van der Waals surface area (Å²) in [4.78, 5) is -0.0404. The van der Waals surface area contributed by atoms with E-state index in [4.69, 9.17) is 16.3 Å². The Kier molecular flexibility index (Phi) is 6.18. The summed E-state index contributed by atoms with van der Waals surface area (Å²) in [5, 5.41) is 0.415. The maximum Gasteiger partial charge on any atom is 0.261 e. The van der Waals surface area contributed by atoms with Gasteiger partial charge >= 0.3 is 0 Å². The lowest BCUT2D eigenvalue weighted by Gasteiger charge is -2.26. The molecule has 0 unspecified atom stereocenters. The third-order valence-corrected chi connectivity index (χ3v) is 8.04. The molecule has 0 radical (unpaired) electrons. The predicted molar refractivity (Wildman–Crippen MR) is 108 cm³/mol. The fraction of sp³-hybridized carbons (Fsp3) is 0.333. The molecule has 2 aromatic carbocycles. The van der Waals surface area contributed by atoms with Crippen LogP contribution >= 0.6 is 11.6 Å². The third-order valence-electron chi connectivity index (χ3n) is 4.47. The maximum absolute atomic E-state index is 13.0. The minimum Gasteiger partial charge on any atom is -0.495 e. The van der Waals surface area contributed by atoms with Crippen molar-refractivity contribution in [3.63, 3.8) is 0 Å². The van der Waals surface area contributed by atoms with Gasteiger partial charge < -0.3 is 4.74 Å². The molecule has 0 aromatic heterocycles. The first-order chi connectivity index (χ1) is 13.2. The number of benzene rings is 2. The Morgan fingerprint density at radius 3 is 2.21 bits per heavy atom. The highest BCUT2D eigenvalue weighted by Crippen LogP contribution is 2.32. The summed E-state index contributed by atoms with van der Waals surface area (Å²) in [5.41, 5.74) is 0.131. The topological polar surface area (TPSA) is 92.8 Å². The lowest BCUT2D eigenvalue weighted by Crippen LogP contribution is -2.35. The van der Waals surface area contributed by atoms with Crippen LogP contribution in [0.15, 0.2) is 52.3 Å². The van der Waals surface area contributed by atoms with Crippen LogP contribution in [0.3, 0.4) is 0 Å². The van der Waals surface area contributed by atoms with Gasteiger partial charge in [0.05, 0.1) is 17.7 Å². The van der Waals surface area contributed by atoms with Gasteiger partial charge in [0.15, 0.2) is 0 Å². The summed E-state index contributed by atoms with van der Waals surface area (Å²) in [6.45, 7) is 0.873. The number of ether oxygens (including phenoxy) is 1. The zero-order valence-corrected chi connectivity index (χ0v) is 17.6. The van der Waals surface area contributed by atoms with E-state index in [0.29, 0.717) is 18.1 Å². The van der Waals surface area contributed by atoms with Crippen molar-refractivity contribution < 1.29 is 21.6 Å². The second-order valence-corrected chi connectivity index (χ2v) is 10.4. The van der Waals surface area contributed by atoms with E-state index in [0.717, 1.165) is 19.3 Å². The highest BCUT2D eigenvalue weighted by molar-refractivity contribution is 7.92. The van der Waals surface area contributed by atoms with Crippen molar-refractivity contribution in [3.8, 4) is 5.75 Å². The number of nitrogens with one attached hydrogen (secondary N) is 1. The zero-order valence-electron chi connectivity index (χ0n) is 15.3. The molecular weight excluding hydrogens is 424 g/mol. The number of sulfonamides is 2. The fourth-order valence-electron chi connectivity index (χ4n) is 3.01. The number of halogens is 1. The number of rotatable bonds is 6. The van der Waals surface area contributed by atoms with Crippen LogP contribution in [-0.4, -0.2) is 41.3 Å². The standard InChI is InChI=1S/C18H21ClN2O5S2/c1-26-17-10-7-15(20-27(22,23)16-8-5-14(19)6-9-16)13-18(17)28(24,25)21-11-3-2-4-12-21/h5-10,13,20H,2-4,11-12H2,1H3. The van der Waals surface area contributed by atoms with Crippen molar-refractivity contribution in [2.75, 3.05) is 24.9 Å². The van der Waals surface area contributed by atoms with Crippen molar-refractivity contribution >= 4 is 37.3 Å². The van der Waals surface area contributed by atoms with E-state index in [1.165, 1.54) is 53.9 Å². The van der Waals surface area contributed by atoms with Crippen LogP contribution in [0.1, 0.15) is 19.3 Å². The molecule has 1 fully saturated rings. The molecule has 10 heteroatoms. The molecule has 1 N–H and O–H groups in total. The smallest absolute Gasteiger partial charge is 0.261 e. The maximum atomic E-state index is 13.0. The van der Waals surface area contributed by atoms with Crippen LogP contribution in [0, 0.1) is 0 Å². The summed E-state index contributed by atoms with van der Waals surface area (Å²) in [7, 11) is -6.31. The molecule has 0 saturated carbocycles. The van der Waals surface area contributed by atoms with E-state index in [2.05, 4.69) is 4.72 Å². The van der Waals surface area contributed by atoms with Crippen LogP contribution in [0.4, 0.5) is 5.69 Å². The van der Waals surface area contributed by atoms with Crippen molar-refractivity contribution in [3.05, 3.63) is 47.5 Å². The lowest BCUT2D eigenvalue weighted by atomic mass is 10.2. The molecule has 0 bridgehead atoms. The van der Waals surface area contributed by atoms with Gasteiger partial charge in [-0.3, -0.25) is 4.72 Å². The molecule has 1 heterocycles. The molecule has 0 aliphatic carbocycles. The second-order valence-electron chi connectivity index (χ2n) is 6.39. The van der Waals surface area contributed by atoms with E-state index < -0.39 is 20.0 Å². The van der Waals surface area contributed by atoms with E-state index in [1.807, 2.05) is 0 Å². The van der Waals surface area contributed by atoms with Crippen LogP contribution in [-0.2, 0) is 20.0 Å². The van der Waals surface area contributed by atoms with Crippen LogP contribution in [0.5, 0.6) is 5.75 Å². The molecule has 1 aliphatic heterocycles. The van der Waals surface area contributed by atoms with Crippen molar-refractivity contribution in [2.24, 2.45) is 0 Å². The summed E-state index contributed by atoms with van der Waals surface area (Å²) in [6.07, 6.45) is 2.58. The Labute approximate surface area is 170 Å². The Bertz CT molecular complexity index is 1050. The molecule has 7 nitrogen and oxygen atoms in total. The van der Waals surface area contributed by atoms with Gasteiger partial charge in [0.1, 0.15) is 10.6 Å². The van der Waals surface area contributed by atoms with Gasteiger partial charge in [-0.2, -0.15) is 4.31 Å². The van der Waals surface area contributed by atoms with Gasteiger partial charge in [-0.05, 0) is 55.3 Å². The highest BCUT2D eigenvalue weighted by atomic mass is 35.5. The first-order valence-corrected chi connectivity index (χ1v) is 12.0. The number of piperidine rings is 1. The molecule has 1 aliphatic rings. The second kappa shape index (κ2) is 8.28. The minimum atomic E-state index is -3.89. The van der Waals surface area contributed by atoms with Crippen molar-refractivity contribution in [1.29, 1.82) is 0 Å². The van der Waals surface area contributed by atoms with Gasteiger partial charge in [-0.15, -0.1) is 0 Å². The van der Waals surface area contributed by atoms with E-state index in [1.54, 1.807) is 0 Å². The molecular formula is C18H21ClN2O5S2. The Balaban J connectivity index is 1.95. The molecule has 152 valence electrons. The predicted octanol–water partition coefficient (Wildman–Crippen LogP) is 3.32. The molecule has 2 aromatic rings. The largest absolute Gasteiger partial charge is 0.495 e. The minimum absolute atomic E-state index is 0.0214. The van der Waals surface area contributed by atoms with E-state index in [-0.39, 0.29) is 21.2 Å². The first-order valence-electron chi connectivity index (χ1n) is 8.70. The van der Waals surface area contributed by atoms with Gasteiger partial charge in [-0.1, -0.05) is 18.0 Å². The summed E-state index contributed by atoms with van der Waals surface area (Å²) in [6, 6.07) is 9.88. The third kappa shape index (κ3) is 4.43. The summed E-state index contributed by atoms with van der Waals surface area (Å²) >= 11 is 5.80. The Hall–Kier alpha value is -1.81. The SMILES string of the molecule is COc1ccc(NS(=O)(=O)c2ccc(Cl)cc2)cc1S(=O)(=O)N1CCCCC1. The molecule has 0 atom stereocenters. The Morgan fingerprint density at radius 2 is 1.61 bits per heavy atom. The lowest BCUT2D eigenvalue weighted by molar-refractivity contribution is 0.343. The molecule has 0 amide bonds.